The summed E-state index contributed by atoms with van der Waals surface area (Å²) in [5, 5.41) is 12.2. The van der Waals surface area contributed by atoms with Crippen molar-refractivity contribution in [2.24, 2.45) is 0 Å². The predicted molar refractivity (Wildman–Crippen MR) is 91.3 cm³/mol. The van der Waals surface area contributed by atoms with Crippen molar-refractivity contribution in [1.29, 1.82) is 0 Å². The van der Waals surface area contributed by atoms with Crippen LogP contribution in [0.5, 0.6) is 0 Å². The zero-order chi connectivity index (χ0) is 21.1. The number of nitrogens with one attached hydrogen (secondary N) is 1. The number of nitro benzene ring substituents is 1. The molecule has 0 atom stereocenters. The van der Waals surface area contributed by atoms with Crippen molar-refractivity contribution in [1.82, 2.24) is 4.98 Å². The molecule has 0 bridgehead atoms. The monoisotopic (exact) mass is 437 g/mol. The molecule has 8 nitrogen and oxygen atoms in total. The number of nitro groups is 1. The lowest BCUT2D eigenvalue weighted by Gasteiger charge is -2.10. The van der Waals surface area contributed by atoms with Gasteiger partial charge in [0.15, 0.2) is 12.4 Å². The molecule has 0 aliphatic carbocycles. The Morgan fingerprint density at radius 2 is 1.89 bits per heavy atom. The maximum Gasteiger partial charge on any atom is 0.417 e. The van der Waals surface area contributed by atoms with E-state index in [2.05, 4.69) is 15.0 Å². The van der Waals surface area contributed by atoms with Gasteiger partial charge in [-0.15, -0.1) is 0 Å². The van der Waals surface area contributed by atoms with E-state index >= 15 is 0 Å². The molecule has 148 valence electrons. The Kier molecular flexibility index (Phi) is 6.41. The molecule has 1 heterocycles. The number of nitrogens with zero attached hydrogens (tertiary/aromatic N) is 2. The number of carbonyl (C=O) groups is 2. The van der Waals surface area contributed by atoms with E-state index in [1.807, 2.05) is 0 Å². The van der Waals surface area contributed by atoms with E-state index in [0.717, 1.165) is 18.2 Å². The van der Waals surface area contributed by atoms with Gasteiger partial charge in [0.2, 0.25) is 0 Å². The van der Waals surface area contributed by atoms with E-state index in [1.165, 1.54) is 0 Å². The Bertz CT molecular complexity index is 953. The van der Waals surface area contributed by atoms with Crippen LogP contribution in [0.1, 0.15) is 15.9 Å². The van der Waals surface area contributed by atoms with E-state index in [0.29, 0.717) is 12.3 Å². The number of benzene rings is 1. The van der Waals surface area contributed by atoms with Gasteiger partial charge < -0.3 is 10.1 Å². The summed E-state index contributed by atoms with van der Waals surface area (Å²) in [6.45, 7) is -0.839. The second kappa shape index (κ2) is 8.40. The van der Waals surface area contributed by atoms with Crippen molar-refractivity contribution in [3.63, 3.8) is 0 Å². The molecule has 0 radical (unpaired) electrons. The van der Waals surface area contributed by atoms with E-state index in [9.17, 15) is 32.9 Å². The molecule has 0 saturated heterocycles. The molecule has 13 heteroatoms. The van der Waals surface area contributed by atoms with Gasteiger partial charge in [0.05, 0.1) is 21.1 Å². The number of hydrogen-bond acceptors (Lipinski definition) is 6. The molecule has 2 aromatic rings. The van der Waals surface area contributed by atoms with Gasteiger partial charge >= 0.3 is 12.1 Å². The Morgan fingerprint density at radius 3 is 2.46 bits per heavy atom. The highest BCUT2D eigenvalue weighted by atomic mass is 35.5. The van der Waals surface area contributed by atoms with Crippen molar-refractivity contribution < 1.29 is 32.4 Å². The number of hydrogen-bond donors (Lipinski definition) is 1. The summed E-state index contributed by atoms with van der Waals surface area (Å²) in [6.07, 6.45) is -4.18. The molecule has 0 aliphatic rings. The number of amides is 1. The maximum absolute atomic E-state index is 12.5. The average Bonchev–Trinajstić information content (AvgIpc) is 2.60. The highest BCUT2D eigenvalue weighted by molar-refractivity contribution is 6.33. The van der Waals surface area contributed by atoms with E-state index in [1.54, 1.807) is 0 Å². The Labute approximate surface area is 164 Å². The molecule has 0 spiro atoms. The number of aromatic nitrogens is 1. The number of esters is 1. The zero-order valence-corrected chi connectivity index (χ0v) is 14.9. The Balaban J connectivity index is 2.00. The summed E-state index contributed by atoms with van der Waals surface area (Å²) in [5.74, 6) is -2.36. The van der Waals surface area contributed by atoms with Crippen LogP contribution in [0.3, 0.4) is 0 Å². The van der Waals surface area contributed by atoms with Crippen LogP contribution >= 0.6 is 23.2 Å². The minimum Gasteiger partial charge on any atom is -0.452 e. The Hall–Kier alpha value is -2.92. The first-order valence-corrected chi connectivity index (χ1v) is 7.88. The summed E-state index contributed by atoms with van der Waals surface area (Å²) in [7, 11) is 0. The molecule has 1 amide bonds. The third-order valence-corrected chi connectivity index (χ3v) is 3.75. The van der Waals surface area contributed by atoms with Gasteiger partial charge in [-0.2, -0.15) is 13.2 Å². The first-order chi connectivity index (χ1) is 13.0. The van der Waals surface area contributed by atoms with E-state index in [4.69, 9.17) is 23.2 Å². The number of halogens is 5. The zero-order valence-electron chi connectivity index (χ0n) is 13.4. The fourth-order valence-electron chi connectivity index (χ4n) is 1.85. The fourth-order valence-corrected chi connectivity index (χ4v) is 2.25. The van der Waals surface area contributed by atoms with Crippen molar-refractivity contribution >= 4 is 46.6 Å². The minimum atomic E-state index is -4.66. The number of ether oxygens (including phenoxy) is 1. The molecule has 0 unspecified atom stereocenters. The summed E-state index contributed by atoms with van der Waals surface area (Å²) in [5.41, 5.74) is -1.86. The molecule has 2 rings (SSSR count). The number of pyridine rings is 1. The molecular weight excluding hydrogens is 430 g/mol. The van der Waals surface area contributed by atoms with Gasteiger partial charge in [-0.05, 0) is 18.2 Å². The first kappa shape index (κ1) is 21.4. The second-order valence-corrected chi connectivity index (χ2v) is 5.91. The average molecular weight is 438 g/mol. The highest BCUT2D eigenvalue weighted by Gasteiger charge is 2.31. The van der Waals surface area contributed by atoms with Gasteiger partial charge in [-0.1, -0.05) is 23.2 Å². The van der Waals surface area contributed by atoms with E-state index < -0.39 is 45.9 Å². The summed E-state index contributed by atoms with van der Waals surface area (Å²) < 4.78 is 42.3. The van der Waals surface area contributed by atoms with Crippen LogP contribution in [-0.4, -0.2) is 28.4 Å². The van der Waals surface area contributed by atoms with Crippen molar-refractivity contribution in [3.8, 4) is 0 Å². The van der Waals surface area contributed by atoms with Crippen LogP contribution < -0.4 is 5.32 Å². The standard InChI is InChI=1S/C15H8Cl2F3N3O5/c16-9-2-1-7(3-11(9)23(26)27)14(25)28-6-12(24)22-13-10(17)4-8(5-21-13)15(18,19)20/h1-5H,6H2,(H,21,22,24). The van der Waals surface area contributed by atoms with Crippen LogP contribution in [0.15, 0.2) is 30.5 Å². The SMILES string of the molecule is O=C(COC(=O)c1ccc(Cl)c([N+](=O)[O-])c1)Nc1ncc(C(F)(F)F)cc1Cl. The molecule has 1 N–H and O–H groups in total. The summed E-state index contributed by atoms with van der Waals surface area (Å²) >= 11 is 11.3. The lowest BCUT2D eigenvalue weighted by Crippen LogP contribution is -2.22. The molecule has 1 aromatic heterocycles. The minimum absolute atomic E-state index is 0.192. The lowest BCUT2D eigenvalue weighted by molar-refractivity contribution is -0.384. The predicted octanol–water partition coefficient (Wildman–Crippen LogP) is 4.11. The van der Waals surface area contributed by atoms with Gasteiger partial charge in [-0.25, -0.2) is 9.78 Å². The summed E-state index contributed by atoms with van der Waals surface area (Å²) in [4.78, 5) is 37.0. The number of alkyl halides is 3. The number of rotatable bonds is 5. The van der Waals surface area contributed by atoms with Crippen LogP contribution in [0, 0.1) is 10.1 Å². The van der Waals surface area contributed by atoms with Crippen LogP contribution in [-0.2, 0) is 15.7 Å². The van der Waals surface area contributed by atoms with Crippen molar-refractivity contribution in [3.05, 3.63) is 61.7 Å². The molecule has 0 saturated carbocycles. The third kappa shape index (κ3) is 5.30. The van der Waals surface area contributed by atoms with Gasteiger partial charge in [-0.3, -0.25) is 14.9 Å². The summed E-state index contributed by atoms with van der Waals surface area (Å²) in [6, 6.07) is 3.71. The van der Waals surface area contributed by atoms with Crippen LogP contribution in [0.4, 0.5) is 24.7 Å². The lowest BCUT2D eigenvalue weighted by atomic mass is 10.2. The van der Waals surface area contributed by atoms with Crippen LogP contribution in [0.2, 0.25) is 10.0 Å². The molecular formula is C15H8Cl2F3N3O5. The topological polar surface area (TPSA) is 111 Å². The van der Waals surface area contributed by atoms with Gasteiger partial charge in [0.1, 0.15) is 5.02 Å². The molecule has 28 heavy (non-hydrogen) atoms. The maximum atomic E-state index is 12.5. The highest BCUT2D eigenvalue weighted by Crippen LogP contribution is 2.32. The normalized spacial score (nSPS) is 11.0. The molecule has 1 aromatic carbocycles. The molecule has 0 aliphatic heterocycles. The molecule has 0 fully saturated rings. The number of anilines is 1. The Morgan fingerprint density at radius 1 is 1.21 bits per heavy atom. The fraction of sp³-hybridized carbons (Fsp3) is 0.133. The third-order valence-electron chi connectivity index (χ3n) is 3.14. The largest absolute Gasteiger partial charge is 0.452 e. The van der Waals surface area contributed by atoms with Gasteiger partial charge in [0.25, 0.3) is 11.6 Å². The van der Waals surface area contributed by atoms with E-state index in [-0.39, 0.29) is 16.4 Å². The quantitative estimate of drug-likeness (QED) is 0.427. The number of carbonyl (C=O) groups excluding carboxylic acids is 2. The smallest absolute Gasteiger partial charge is 0.417 e. The van der Waals surface area contributed by atoms with Gasteiger partial charge in [0, 0.05) is 12.3 Å². The van der Waals surface area contributed by atoms with Crippen molar-refractivity contribution in [2.45, 2.75) is 6.18 Å². The van der Waals surface area contributed by atoms with Crippen molar-refractivity contribution in [2.75, 3.05) is 11.9 Å². The first-order valence-electron chi connectivity index (χ1n) is 7.12. The van der Waals surface area contributed by atoms with Crippen LogP contribution in [0.25, 0.3) is 0 Å². The second-order valence-electron chi connectivity index (χ2n) is 5.10.